The fourth-order valence-electron chi connectivity index (χ4n) is 2.17. The van der Waals surface area contributed by atoms with Crippen LogP contribution in [0.15, 0.2) is 36.5 Å². The van der Waals surface area contributed by atoms with Crippen molar-refractivity contribution in [2.45, 2.75) is 19.6 Å². The Kier molecular flexibility index (Phi) is 2.78. The number of benzene rings is 1. The molecule has 0 saturated heterocycles. The zero-order valence-electron chi connectivity index (χ0n) is 10.2. The molecule has 0 atom stereocenters. The monoisotopic (exact) mass is 241 g/mol. The maximum Gasteiger partial charge on any atom is 0.255 e. The van der Waals surface area contributed by atoms with Crippen LogP contribution in [0, 0.1) is 5.82 Å². The lowest BCUT2D eigenvalue weighted by Crippen LogP contribution is -2.28. The van der Waals surface area contributed by atoms with Crippen molar-refractivity contribution in [2.75, 3.05) is 0 Å². The van der Waals surface area contributed by atoms with Crippen LogP contribution in [-0.4, -0.2) is 11.7 Å². The molecule has 1 aromatic heterocycles. The lowest BCUT2D eigenvalue weighted by molar-refractivity contribution is 0.423. The second-order valence-electron chi connectivity index (χ2n) is 4.74. The maximum absolute atomic E-state index is 13.9. The van der Waals surface area contributed by atoms with Gasteiger partial charge in [0.15, 0.2) is 12.5 Å². The highest BCUT2D eigenvalue weighted by atomic mass is 19.1. The summed E-state index contributed by atoms with van der Waals surface area (Å²) < 4.78 is 19.3. The number of nitrogens with zero attached hydrogens (tertiary/aromatic N) is 1. The summed E-state index contributed by atoms with van der Waals surface area (Å²) in [5.41, 5.74) is 2.20. The molecule has 6 rings (SSSR count). The van der Waals surface area contributed by atoms with Crippen LogP contribution in [0.2, 0.25) is 13.1 Å². The molecule has 0 N–H and O–H groups in total. The van der Waals surface area contributed by atoms with Crippen molar-refractivity contribution in [2.24, 2.45) is 0 Å². The third-order valence-electron chi connectivity index (χ3n) is 3.40. The van der Waals surface area contributed by atoms with Crippen LogP contribution in [0.3, 0.4) is 0 Å². The minimum Gasteiger partial charge on any atom is -0.436 e. The van der Waals surface area contributed by atoms with Crippen LogP contribution >= 0.6 is 0 Å². The van der Waals surface area contributed by atoms with Gasteiger partial charge in [0.2, 0.25) is 0 Å². The smallest absolute Gasteiger partial charge is 0.255 e. The summed E-state index contributed by atoms with van der Waals surface area (Å²) in [4.78, 5) is 4.07. The number of halogens is 1. The number of aryl methyl sites for hydroxylation is 1. The Bertz CT molecular complexity index is 571. The van der Waals surface area contributed by atoms with E-state index in [9.17, 15) is 4.39 Å². The van der Waals surface area contributed by atoms with Gasteiger partial charge in [-0.15, -0.1) is 0 Å². The van der Waals surface area contributed by atoms with Gasteiger partial charge in [-0.3, -0.25) is 0 Å². The van der Waals surface area contributed by atoms with Gasteiger partial charge in [0, 0.05) is 6.20 Å². The summed E-state index contributed by atoms with van der Waals surface area (Å²) in [6.45, 7) is 2.39. The van der Waals surface area contributed by atoms with E-state index >= 15 is 0 Å². The predicted octanol–water partition coefficient (Wildman–Crippen LogP) is 2.90. The molecule has 0 radical (unpaired) electrons. The number of hydrogen-bond donors (Lipinski definition) is 0. The molecule has 2 aromatic rings. The summed E-state index contributed by atoms with van der Waals surface area (Å²) in [7, 11) is 0. The maximum atomic E-state index is 13.9. The van der Waals surface area contributed by atoms with Crippen LogP contribution in [0.1, 0.15) is 5.56 Å². The predicted molar refractivity (Wildman–Crippen MR) is 70.5 cm³/mol. The Hall–Kier alpha value is -1.84. The quantitative estimate of drug-likeness (QED) is 0.661. The molecular weight excluding hydrogens is 228 g/mol. The minimum atomic E-state index is -0.399. The average molecular weight is 241 g/mol. The van der Waals surface area contributed by atoms with Gasteiger partial charge in [0.1, 0.15) is 5.75 Å². The molecule has 0 aliphatic carbocycles. The number of rotatable bonds is 0. The van der Waals surface area contributed by atoms with Gasteiger partial charge in [-0.1, -0.05) is 30.7 Å². The molecule has 5 heterocycles. The molecule has 2 nitrogen and oxygen atoms in total. The Morgan fingerprint density at radius 1 is 1.28 bits per heavy atom. The van der Waals surface area contributed by atoms with Crippen molar-refractivity contribution < 1.29 is 9.13 Å². The average Bonchev–Trinajstić information content (AvgIpc) is 2.38. The van der Waals surface area contributed by atoms with Gasteiger partial charge in [-0.2, -0.15) is 0 Å². The van der Waals surface area contributed by atoms with Crippen molar-refractivity contribution in [3.05, 3.63) is 47.9 Å². The van der Waals surface area contributed by atoms with E-state index < -0.39 is 5.82 Å². The summed E-state index contributed by atoms with van der Waals surface area (Å²) >= 11 is 0. The molecule has 4 aliphatic rings. The Morgan fingerprint density at radius 3 is 2.78 bits per heavy atom. The summed E-state index contributed by atoms with van der Waals surface area (Å²) in [5.74, 6) is 0.259. The minimum absolute atomic E-state index is 0.0410. The molecule has 0 spiro atoms. The van der Waals surface area contributed by atoms with Crippen molar-refractivity contribution >= 4 is 12.2 Å². The van der Waals surface area contributed by atoms with Crippen LogP contribution in [0.4, 0.5) is 4.39 Å². The molecule has 4 bridgehead atoms. The summed E-state index contributed by atoms with van der Waals surface area (Å²) in [6, 6.07) is 9.29. The highest BCUT2D eigenvalue weighted by molar-refractivity contribution is 6.71. The fourth-order valence-corrected chi connectivity index (χ4v) is 2.17. The molecule has 4 heteroatoms. The number of ether oxygens (including phenoxy) is 1. The topological polar surface area (TPSA) is 22.1 Å². The second-order valence-corrected chi connectivity index (χ2v) is 4.74. The molecule has 18 heavy (non-hydrogen) atoms. The Labute approximate surface area is 106 Å². The highest BCUT2D eigenvalue weighted by Crippen LogP contribution is 2.23. The van der Waals surface area contributed by atoms with E-state index in [1.165, 1.54) is 11.6 Å². The first-order chi connectivity index (χ1) is 8.72. The van der Waals surface area contributed by atoms with Crippen LogP contribution in [0.25, 0.3) is 0 Å². The fraction of sp³-hybridized carbons (Fsp3) is 0.214. The Balaban J connectivity index is 2.09. The summed E-state index contributed by atoms with van der Waals surface area (Å²) in [6.07, 6.45) is 3.67. The molecular formula is C14H13BFNO. The summed E-state index contributed by atoms with van der Waals surface area (Å²) in [5, 5.41) is 0. The van der Waals surface area contributed by atoms with Gasteiger partial charge in [-0.05, 0) is 30.2 Å². The molecule has 4 aliphatic heterocycles. The normalized spacial score (nSPS) is 14.0. The molecule has 90 valence electrons. The molecule has 1 aromatic carbocycles. The first-order valence-electron chi connectivity index (χ1n) is 6.14. The molecule has 0 unspecified atom stereocenters. The standard InChI is InChI=1S/C14H13BFNO/c1-15-7-6-10-2-4-12(5-3-10)18-14-13(16)8-11(15)9-17-14/h2-5,8-9H,6-7H2,1H3. The van der Waals surface area contributed by atoms with E-state index in [0.717, 1.165) is 18.2 Å². The zero-order chi connectivity index (χ0) is 12.5. The van der Waals surface area contributed by atoms with Crippen molar-refractivity contribution in [1.29, 1.82) is 0 Å². The first-order valence-corrected chi connectivity index (χ1v) is 6.14. The lowest BCUT2D eigenvalue weighted by atomic mass is 9.44. The molecule has 0 amide bonds. The largest absolute Gasteiger partial charge is 0.436 e. The number of pyridine rings is 1. The lowest BCUT2D eigenvalue weighted by Gasteiger charge is -2.13. The van der Waals surface area contributed by atoms with Crippen LogP contribution in [0.5, 0.6) is 11.6 Å². The van der Waals surface area contributed by atoms with E-state index in [-0.39, 0.29) is 5.88 Å². The second kappa shape index (κ2) is 4.44. The van der Waals surface area contributed by atoms with Crippen LogP contribution in [-0.2, 0) is 6.42 Å². The zero-order valence-corrected chi connectivity index (χ0v) is 10.2. The number of hydrogen-bond acceptors (Lipinski definition) is 2. The Morgan fingerprint density at radius 2 is 2.06 bits per heavy atom. The van der Waals surface area contributed by atoms with Gasteiger partial charge < -0.3 is 4.74 Å². The molecule has 0 saturated carbocycles. The highest BCUT2D eigenvalue weighted by Gasteiger charge is 2.16. The van der Waals surface area contributed by atoms with E-state index in [1.807, 2.05) is 24.3 Å². The van der Waals surface area contributed by atoms with Crippen molar-refractivity contribution in [3.8, 4) is 11.6 Å². The SMILES string of the molecule is CB1CCc2ccc(cc2)Oc2ncc1cc2F. The molecule has 0 fully saturated rings. The van der Waals surface area contributed by atoms with E-state index in [1.54, 1.807) is 6.20 Å². The first kappa shape index (κ1) is 11.3. The van der Waals surface area contributed by atoms with Gasteiger partial charge >= 0.3 is 0 Å². The van der Waals surface area contributed by atoms with Crippen molar-refractivity contribution in [3.63, 3.8) is 0 Å². The van der Waals surface area contributed by atoms with E-state index in [2.05, 4.69) is 11.8 Å². The van der Waals surface area contributed by atoms with Crippen LogP contribution < -0.4 is 10.2 Å². The van der Waals surface area contributed by atoms with E-state index in [4.69, 9.17) is 4.74 Å². The third kappa shape index (κ3) is 2.10. The third-order valence-corrected chi connectivity index (χ3v) is 3.40. The number of aromatic nitrogens is 1. The van der Waals surface area contributed by atoms with Crippen molar-refractivity contribution in [1.82, 2.24) is 4.98 Å². The van der Waals surface area contributed by atoms with Gasteiger partial charge in [0.05, 0.1) is 0 Å². The van der Waals surface area contributed by atoms with Gasteiger partial charge in [0.25, 0.3) is 5.88 Å². The van der Waals surface area contributed by atoms with E-state index in [0.29, 0.717) is 12.5 Å². The van der Waals surface area contributed by atoms with Gasteiger partial charge in [-0.25, -0.2) is 9.37 Å².